The van der Waals surface area contributed by atoms with E-state index in [4.69, 9.17) is 9.47 Å². The van der Waals surface area contributed by atoms with Gasteiger partial charge in [0.15, 0.2) is 0 Å². The van der Waals surface area contributed by atoms with Gasteiger partial charge < -0.3 is 9.47 Å². The lowest BCUT2D eigenvalue weighted by Gasteiger charge is -2.15. The van der Waals surface area contributed by atoms with Crippen LogP contribution in [0.3, 0.4) is 0 Å². The number of carbonyl (C=O) groups excluding carboxylic acids is 4. The lowest BCUT2D eigenvalue weighted by molar-refractivity contribution is -0.144. The van der Waals surface area contributed by atoms with Crippen LogP contribution in [0.15, 0.2) is 24.3 Å². The topological polar surface area (TPSA) is 86.7 Å². The molecule has 0 aliphatic carbocycles. The van der Waals surface area contributed by atoms with Crippen molar-refractivity contribution >= 4 is 23.9 Å². The number of ether oxygens (including phenoxy) is 2. The molecule has 1 aromatic rings. The molecule has 0 heterocycles. The van der Waals surface area contributed by atoms with Crippen LogP contribution in [0.1, 0.15) is 99.8 Å². The van der Waals surface area contributed by atoms with Crippen molar-refractivity contribution in [3.63, 3.8) is 0 Å². The standard InChI is InChI=1S/C24H34O6/c1-5-9-13-17(7-3)21(25)29-23(27)19-15-11-12-16-20(19)24(28)30-22(26)18(8-4)14-10-6-2/h11-12,15-18H,5-10,13-14H2,1-4H3. The first-order valence-electron chi connectivity index (χ1n) is 11.0. The summed E-state index contributed by atoms with van der Waals surface area (Å²) in [5.41, 5.74) is -0.175. The summed E-state index contributed by atoms with van der Waals surface area (Å²) in [5, 5.41) is 0. The normalized spacial score (nSPS) is 12.7. The molecule has 0 amide bonds. The first-order valence-corrected chi connectivity index (χ1v) is 11.0. The van der Waals surface area contributed by atoms with Gasteiger partial charge in [-0.1, -0.05) is 65.5 Å². The van der Waals surface area contributed by atoms with Crippen molar-refractivity contribution in [2.45, 2.75) is 79.1 Å². The zero-order chi connectivity index (χ0) is 22.5. The van der Waals surface area contributed by atoms with Crippen LogP contribution in [0, 0.1) is 11.8 Å². The predicted molar refractivity (Wildman–Crippen MR) is 114 cm³/mol. The van der Waals surface area contributed by atoms with E-state index in [0.29, 0.717) is 25.7 Å². The van der Waals surface area contributed by atoms with E-state index in [1.165, 1.54) is 12.1 Å². The third kappa shape index (κ3) is 7.73. The number of hydrogen-bond acceptors (Lipinski definition) is 6. The van der Waals surface area contributed by atoms with Crippen molar-refractivity contribution in [3.8, 4) is 0 Å². The highest BCUT2D eigenvalue weighted by Gasteiger charge is 2.27. The molecule has 30 heavy (non-hydrogen) atoms. The molecule has 2 atom stereocenters. The Hall–Kier alpha value is -2.50. The second-order valence-electron chi connectivity index (χ2n) is 7.46. The van der Waals surface area contributed by atoms with E-state index in [2.05, 4.69) is 0 Å². The number of rotatable bonds is 12. The van der Waals surface area contributed by atoms with Gasteiger partial charge in [0.25, 0.3) is 0 Å². The summed E-state index contributed by atoms with van der Waals surface area (Å²) in [7, 11) is 0. The van der Waals surface area contributed by atoms with Gasteiger partial charge in [-0.15, -0.1) is 0 Å². The summed E-state index contributed by atoms with van der Waals surface area (Å²) < 4.78 is 10.1. The summed E-state index contributed by atoms with van der Waals surface area (Å²) in [4.78, 5) is 49.8. The number of esters is 4. The predicted octanol–water partition coefficient (Wildman–Crippen LogP) is 5.49. The van der Waals surface area contributed by atoms with Gasteiger partial charge in [0.2, 0.25) is 0 Å². The second kappa shape index (κ2) is 13.7. The van der Waals surface area contributed by atoms with Crippen LogP contribution in [-0.2, 0) is 19.1 Å². The first-order chi connectivity index (χ1) is 14.4. The molecule has 0 spiro atoms. The molecule has 1 rings (SSSR count). The van der Waals surface area contributed by atoms with Crippen LogP contribution in [-0.4, -0.2) is 23.9 Å². The highest BCUT2D eigenvalue weighted by atomic mass is 16.6. The maximum absolute atomic E-state index is 12.6. The molecule has 0 saturated carbocycles. The van der Waals surface area contributed by atoms with Crippen LogP contribution >= 0.6 is 0 Å². The van der Waals surface area contributed by atoms with Crippen LogP contribution in [0.5, 0.6) is 0 Å². The summed E-state index contributed by atoms with van der Waals surface area (Å²) in [6.45, 7) is 7.78. The quantitative estimate of drug-likeness (QED) is 0.330. The highest BCUT2D eigenvalue weighted by molar-refractivity contribution is 6.08. The minimum Gasteiger partial charge on any atom is -0.389 e. The molecule has 0 aliphatic heterocycles. The van der Waals surface area contributed by atoms with Crippen LogP contribution in [0.4, 0.5) is 0 Å². The summed E-state index contributed by atoms with van der Waals surface area (Å²) in [6.07, 6.45) is 6.05. The van der Waals surface area contributed by atoms with Gasteiger partial charge >= 0.3 is 23.9 Å². The minimum atomic E-state index is -0.909. The van der Waals surface area contributed by atoms with Gasteiger partial charge in [0.05, 0.1) is 23.0 Å². The summed E-state index contributed by atoms with van der Waals surface area (Å²) in [6, 6.07) is 5.89. The molecule has 166 valence electrons. The minimum absolute atomic E-state index is 0.0874. The Bertz CT molecular complexity index is 663. The van der Waals surface area contributed by atoms with Crippen molar-refractivity contribution < 1.29 is 28.7 Å². The Kier molecular flexibility index (Phi) is 11.6. The van der Waals surface area contributed by atoms with E-state index < -0.39 is 23.9 Å². The lowest BCUT2D eigenvalue weighted by Crippen LogP contribution is -2.24. The van der Waals surface area contributed by atoms with Crippen molar-refractivity contribution in [3.05, 3.63) is 35.4 Å². The van der Waals surface area contributed by atoms with Crippen LogP contribution in [0.25, 0.3) is 0 Å². The van der Waals surface area contributed by atoms with Gasteiger partial charge in [0, 0.05) is 0 Å². The van der Waals surface area contributed by atoms with Gasteiger partial charge in [-0.3, -0.25) is 9.59 Å². The van der Waals surface area contributed by atoms with Crippen molar-refractivity contribution in [2.24, 2.45) is 11.8 Å². The van der Waals surface area contributed by atoms with E-state index >= 15 is 0 Å². The van der Waals surface area contributed by atoms with Gasteiger partial charge in [-0.25, -0.2) is 9.59 Å². The molecular weight excluding hydrogens is 384 g/mol. The average Bonchev–Trinajstić information content (AvgIpc) is 2.74. The zero-order valence-corrected chi connectivity index (χ0v) is 18.6. The maximum atomic E-state index is 12.6. The molecule has 0 aromatic heterocycles. The number of unbranched alkanes of at least 4 members (excludes halogenated alkanes) is 2. The molecule has 6 nitrogen and oxygen atoms in total. The third-order valence-corrected chi connectivity index (χ3v) is 5.22. The van der Waals surface area contributed by atoms with Crippen LogP contribution < -0.4 is 0 Å². The summed E-state index contributed by atoms with van der Waals surface area (Å²) in [5.74, 6) is -3.74. The summed E-state index contributed by atoms with van der Waals surface area (Å²) >= 11 is 0. The zero-order valence-electron chi connectivity index (χ0n) is 18.6. The molecule has 0 bridgehead atoms. The fourth-order valence-electron chi connectivity index (χ4n) is 3.18. The first kappa shape index (κ1) is 25.5. The van der Waals surface area contributed by atoms with Gasteiger partial charge in [0.1, 0.15) is 0 Å². The van der Waals surface area contributed by atoms with E-state index in [1.807, 2.05) is 27.7 Å². The Morgan fingerprint density at radius 2 is 1.07 bits per heavy atom. The molecule has 0 aliphatic rings. The van der Waals surface area contributed by atoms with Gasteiger partial charge in [-0.2, -0.15) is 0 Å². The van der Waals surface area contributed by atoms with Crippen molar-refractivity contribution in [2.75, 3.05) is 0 Å². The lowest BCUT2D eigenvalue weighted by atomic mass is 9.99. The Morgan fingerprint density at radius 1 is 0.700 bits per heavy atom. The van der Waals surface area contributed by atoms with Crippen LogP contribution in [0.2, 0.25) is 0 Å². The molecular formula is C24H34O6. The molecule has 6 heteroatoms. The molecule has 0 radical (unpaired) electrons. The van der Waals surface area contributed by atoms with E-state index in [0.717, 1.165) is 25.7 Å². The second-order valence-corrected chi connectivity index (χ2v) is 7.46. The fraction of sp³-hybridized carbons (Fsp3) is 0.583. The molecule has 1 aromatic carbocycles. The monoisotopic (exact) mass is 418 g/mol. The Labute approximate surface area is 179 Å². The number of benzene rings is 1. The maximum Gasteiger partial charge on any atom is 0.346 e. The largest absolute Gasteiger partial charge is 0.389 e. The van der Waals surface area contributed by atoms with E-state index in [1.54, 1.807) is 12.1 Å². The Balaban J connectivity index is 2.90. The molecule has 0 saturated heterocycles. The third-order valence-electron chi connectivity index (χ3n) is 5.22. The number of carbonyl (C=O) groups is 4. The molecule has 0 N–H and O–H groups in total. The van der Waals surface area contributed by atoms with Crippen molar-refractivity contribution in [1.82, 2.24) is 0 Å². The molecule has 2 unspecified atom stereocenters. The van der Waals surface area contributed by atoms with E-state index in [9.17, 15) is 19.2 Å². The Morgan fingerprint density at radius 3 is 1.37 bits per heavy atom. The average molecular weight is 419 g/mol. The molecule has 0 fully saturated rings. The van der Waals surface area contributed by atoms with E-state index in [-0.39, 0.29) is 23.0 Å². The fourth-order valence-corrected chi connectivity index (χ4v) is 3.18. The SMILES string of the molecule is CCCCC(CC)C(=O)OC(=O)c1ccccc1C(=O)OC(=O)C(CC)CCCC. The van der Waals surface area contributed by atoms with Gasteiger partial charge in [-0.05, 0) is 37.8 Å². The smallest absolute Gasteiger partial charge is 0.346 e. The number of hydrogen-bond donors (Lipinski definition) is 0. The van der Waals surface area contributed by atoms with Crippen molar-refractivity contribution in [1.29, 1.82) is 0 Å². The highest BCUT2D eigenvalue weighted by Crippen LogP contribution is 2.19.